The van der Waals surface area contributed by atoms with Crippen molar-refractivity contribution < 1.29 is 19.0 Å². The summed E-state index contributed by atoms with van der Waals surface area (Å²) >= 11 is 3.45. The fraction of sp³-hybridized carbons (Fsp3) is 0.160. The van der Waals surface area contributed by atoms with Crippen molar-refractivity contribution in [1.82, 2.24) is 10.3 Å². The van der Waals surface area contributed by atoms with Gasteiger partial charge in [0.2, 0.25) is 0 Å². The second kappa shape index (κ2) is 9.97. The molecule has 0 spiro atoms. The molecule has 1 aromatic heterocycles. The summed E-state index contributed by atoms with van der Waals surface area (Å²) in [5, 5.41) is 13.9. The number of rotatable bonds is 9. The summed E-state index contributed by atoms with van der Waals surface area (Å²) in [4.78, 5) is 15.1. The zero-order valence-electron chi connectivity index (χ0n) is 17.1. The molecule has 3 aromatic carbocycles. The van der Waals surface area contributed by atoms with E-state index in [1.54, 1.807) is 24.3 Å². The lowest BCUT2D eigenvalue weighted by molar-refractivity contribution is -0.139. The second-order valence-electron chi connectivity index (χ2n) is 7.47. The molecule has 5 nitrogen and oxygen atoms in total. The van der Waals surface area contributed by atoms with Gasteiger partial charge in [0.15, 0.2) is 0 Å². The highest BCUT2D eigenvalue weighted by molar-refractivity contribution is 9.10. The van der Waals surface area contributed by atoms with Gasteiger partial charge in [-0.05, 0) is 35.9 Å². The number of carboxylic acids is 1. The van der Waals surface area contributed by atoms with Crippen LogP contribution in [0.4, 0.5) is 4.39 Å². The number of benzene rings is 3. The van der Waals surface area contributed by atoms with Gasteiger partial charge in [-0.2, -0.15) is 0 Å². The molecule has 0 bridgehead atoms. The number of para-hydroxylation sites is 1. The normalized spacial score (nSPS) is 12.1. The summed E-state index contributed by atoms with van der Waals surface area (Å²) in [7, 11) is 0. The Kier molecular flexibility index (Phi) is 6.87. The van der Waals surface area contributed by atoms with Crippen LogP contribution in [-0.2, 0) is 24.4 Å². The van der Waals surface area contributed by atoms with Crippen molar-refractivity contribution in [2.75, 3.05) is 0 Å². The Bertz CT molecular complexity index is 1240. The molecule has 0 fully saturated rings. The van der Waals surface area contributed by atoms with E-state index in [0.717, 1.165) is 26.5 Å². The van der Waals surface area contributed by atoms with E-state index in [2.05, 4.69) is 26.2 Å². The van der Waals surface area contributed by atoms with Crippen LogP contribution in [0.2, 0.25) is 0 Å². The molecule has 4 rings (SSSR count). The van der Waals surface area contributed by atoms with Crippen molar-refractivity contribution in [3.63, 3.8) is 0 Å². The highest BCUT2D eigenvalue weighted by Crippen LogP contribution is 2.25. The molecule has 0 amide bonds. The van der Waals surface area contributed by atoms with Gasteiger partial charge in [-0.1, -0.05) is 52.3 Å². The quantitative estimate of drug-likeness (QED) is 0.288. The van der Waals surface area contributed by atoms with E-state index in [1.807, 2.05) is 42.6 Å². The minimum Gasteiger partial charge on any atom is -0.488 e. The molecule has 7 heteroatoms. The van der Waals surface area contributed by atoms with E-state index in [-0.39, 0.29) is 19.0 Å². The molecule has 0 radical (unpaired) electrons. The summed E-state index contributed by atoms with van der Waals surface area (Å²) in [6, 6.07) is 19.0. The molecule has 0 saturated carbocycles. The van der Waals surface area contributed by atoms with Gasteiger partial charge in [-0.15, -0.1) is 0 Å². The molecule has 0 aliphatic heterocycles. The first-order valence-corrected chi connectivity index (χ1v) is 11.0. The number of aromatic nitrogens is 1. The number of ether oxygens (including phenoxy) is 1. The third kappa shape index (κ3) is 5.18. The zero-order valence-corrected chi connectivity index (χ0v) is 18.7. The fourth-order valence-electron chi connectivity index (χ4n) is 3.60. The number of halogens is 2. The number of aromatic amines is 1. The number of carboxylic acid groups (broad SMARTS) is 1. The molecular weight excluding hydrogens is 475 g/mol. The summed E-state index contributed by atoms with van der Waals surface area (Å²) in [6.07, 6.45) is 2.18. The van der Waals surface area contributed by atoms with Crippen LogP contribution in [-0.4, -0.2) is 22.1 Å². The molecule has 0 aliphatic carbocycles. The van der Waals surface area contributed by atoms with Gasteiger partial charge in [0.1, 0.15) is 24.2 Å². The Morgan fingerprint density at radius 1 is 1.06 bits per heavy atom. The molecular formula is C25H22BrFN2O3. The number of carbonyl (C=O) groups is 1. The van der Waals surface area contributed by atoms with Gasteiger partial charge < -0.3 is 14.8 Å². The topological polar surface area (TPSA) is 74.3 Å². The molecule has 4 aromatic rings. The van der Waals surface area contributed by atoms with Gasteiger partial charge in [-0.25, -0.2) is 4.39 Å². The molecule has 1 heterocycles. The number of fused-ring (bicyclic) bond motifs is 1. The van der Waals surface area contributed by atoms with E-state index in [0.29, 0.717) is 17.7 Å². The van der Waals surface area contributed by atoms with Crippen LogP contribution in [0.25, 0.3) is 10.9 Å². The lowest BCUT2D eigenvalue weighted by atomic mass is 10.0. The Balaban J connectivity index is 1.48. The number of aliphatic carboxylic acids is 1. The molecule has 164 valence electrons. The molecule has 0 aliphatic rings. The standard InChI is InChI=1S/C25H22BrFN2O3/c26-19-9-10-24(32-15-16-5-1-3-7-21(16)27)18(11-19)14-29-23(25(30)31)12-17-13-28-22-8-4-2-6-20(17)22/h1-11,13,23,28-29H,12,14-15H2,(H,30,31)/t23-/m0/s1. The van der Waals surface area contributed by atoms with Crippen LogP contribution in [0.5, 0.6) is 5.75 Å². The van der Waals surface area contributed by atoms with Gasteiger partial charge in [0.05, 0.1) is 0 Å². The largest absolute Gasteiger partial charge is 0.488 e. The van der Waals surface area contributed by atoms with Gasteiger partial charge in [0.25, 0.3) is 0 Å². The summed E-state index contributed by atoms with van der Waals surface area (Å²) < 4.78 is 20.6. The van der Waals surface area contributed by atoms with E-state index >= 15 is 0 Å². The number of nitrogens with one attached hydrogen (secondary N) is 2. The molecule has 0 unspecified atom stereocenters. The third-order valence-corrected chi connectivity index (χ3v) is 5.79. The van der Waals surface area contributed by atoms with Crippen LogP contribution in [0.1, 0.15) is 16.7 Å². The minimum absolute atomic E-state index is 0.0823. The highest BCUT2D eigenvalue weighted by Gasteiger charge is 2.20. The van der Waals surface area contributed by atoms with Crippen molar-refractivity contribution >= 4 is 32.8 Å². The molecule has 0 saturated heterocycles. The fourth-order valence-corrected chi connectivity index (χ4v) is 4.01. The van der Waals surface area contributed by atoms with Crippen molar-refractivity contribution in [3.05, 3.63) is 99.9 Å². The third-order valence-electron chi connectivity index (χ3n) is 5.30. The lowest BCUT2D eigenvalue weighted by Crippen LogP contribution is -2.38. The predicted molar refractivity (Wildman–Crippen MR) is 125 cm³/mol. The minimum atomic E-state index is -0.931. The summed E-state index contributed by atoms with van der Waals surface area (Å²) in [5.74, 6) is -0.687. The van der Waals surface area contributed by atoms with Crippen LogP contribution in [0.15, 0.2) is 77.4 Å². The van der Waals surface area contributed by atoms with Crippen LogP contribution in [0.3, 0.4) is 0 Å². The smallest absolute Gasteiger partial charge is 0.321 e. The number of hydrogen-bond acceptors (Lipinski definition) is 3. The first-order chi connectivity index (χ1) is 15.5. The van der Waals surface area contributed by atoms with Crippen LogP contribution in [0, 0.1) is 5.82 Å². The zero-order chi connectivity index (χ0) is 22.5. The van der Waals surface area contributed by atoms with Crippen molar-refractivity contribution in [3.8, 4) is 5.75 Å². The maximum absolute atomic E-state index is 13.9. The highest BCUT2D eigenvalue weighted by atomic mass is 79.9. The maximum atomic E-state index is 13.9. The van der Waals surface area contributed by atoms with Crippen LogP contribution >= 0.6 is 15.9 Å². The average molecular weight is 497 g/mol. The predicted octanol–water partition coefficient (Wildman–Crippen LogP) is 5.43. The molecule has 32 heavy (non-hydrogen) atoms. The first-order valence-electron chi connectivity index (χ1n) is 10.2. The first kappa shape index (κ1) is 22.0. The van der Waals surface area contributed by atoms with E-state index < -0.39 is 12.0 Å². The average Bonchev–Trinajstić information content (AvgIpc) is 3.19. The second-order valence-corrected chi connectivity index (χ2v) is 8.38. The van der Waals surface area contributed by atoms with E-state index in [9.17, 15) is 14.3 Å². The van der Waals surface area contributed by atoms with Crippen molar-refractivity contribution in [1.29, 1.82) is 0 Å². The summed E-state index contributed by atoms with van der Waals surface area (Å²) in [5.41, 5.74) is 3.14. The summed E-state index contributed by atoms with van der Waals surface area (Å²) in [6.45, 7) is 0.365. The van der Waals surface area contributed by atoms with E-state index in [4.69, 9.17) is 4.74 Å². The van der Waals surface area contributed by atoms with Crippen molar-refractivity contribution in [2.45, 2.75) is 25.6 Å². The van der Waals surface area contributed by atoms with Gasteiger partial charge in [0, 0.05) is 45.7 Å². The molecule has 3 N–H and O–H groups in total. The Labute approximate surface area is 193 Å². The van der Waals surface area contributed by atoms with E-state index in [1.165, 1.54) is 6.07 Å². The monoisotopic (exact) mass is 496 g/mol. The Morgan fingerprint density at radius 3 is 2.66 bits per heavy atom. The maximum Gasteiger partial charge on any atom is 0.321 e. The van der Waals surface area contributed by atoms with Crippen LogP contribution < -0.4 is 10.1 Å². The lowest BCUT2D eigenvalue weighted by Gasteiger charge is -2.17. The Hall–Kier alpha value is -3.16. The molecule has 1 atom stereocenters. The van der Waals surface area contributed by atoms with Crippen molar-refractivity contribution in [2.24, 2.45) is 0 Å². The van der Waals surface area contributed by atoms with Gasteiger partial charge in [-0.3, -0.25) is 10.1 Å². The number of H-pyrrole nitrogens is 1. The SMILES string of the molecule is O=C(O)[C@H](Cc1c[nH]c2ccccc12)NCc1cc(Br)ccc1OCc1ccccc1F. The Morgan fingerprint density at radius 2 is 1.84 bits per heavy atom. The number of hydrogen-bond donors (Lipinski definition) is 3. The van der Waals surface area contributed by atoms with Gasteiger partial charge >= 0.3 is 5.97 Å².